The zero-order valence-corrected chi connectivity index (χ0v) is 17.1. The molecule has 1 aromatic heterocycles. The summed E-state index contributed by atoms with van der Waals surface area (Å²) in [5.74, 6) is 1.08. The molecule has 1 fully saturated rings. The molecule has 0 aliphatic carbocycles. The Hall–Kier alpha value is -2.25. The van der Waals surface area contributed by atoms with Crippen LogP contribution in [0, 0.1) is 0 Å². The Morgan fingerprint density at radius 3 is 2.37 bits per heavy atom. The normalized spacial score (nSPS) is 17.6. The third kappa shape index (κ3) is 4.93. The number of benzene rings is 1. The van der Waals surface area contributed by atoms with Gasteiger partial charge in [-0.05, 0) is 0 Å². The van der Waals surface area contributed by atoms with E-state index in [0.29, 0.717) is 11.5 Å². The van der Waals surface area contributed by atoms with Crippen LogP contribution in [-0.2, 0) is 10.0 Å². The Morgan fingerprint density at radius 2 is 1.74 bits per heavy atom. The number of imide groups is 1. The number of halogens is 1. The number of hydrogen-bond acceptors (Lipinski definition) is 6. The number of urea groups is 1. The van der Waals surface area contributed by atoms with E-state index in [2.05, 4.69) is 15.6 Å². The number of carbonyl (C=O) groups is 2. The van der Waals surface area contributed by atoms with E-state index in [4.69, 9.17) is 4.74 Å². The molecule has 11 heteroatoms. The fraction of sp³-hybridized carbons (Fsp3) is 0.188. The Labute approximate surface area is 166 Å². The van der Waals surface area contributed by atoms with Crippen LogP contribution in [-0.4, -0.2) is 45.3 Å². The van der Waals surface area contributed by atoms with Crippen LogP contribution >= 0.6 is 0 Å². The number of likely N-dealkylation sites (N-methyl/N-ethyl adjacent to an activating group) is 1. The first kappa shape index (κ1) is 19.5. The molecule has 3 rings (SSSR count). The van der Waals surface area contributed by atoms with Gasteiger partial charge >= 0.3 is 162 Å². The number of aromatic nitrogens is 1. The fourth-order valence-corrected chi connectivity index (χ4v) is 6.01. The van der Waals surface area contributed by atoms with Gasteiger partial charge in [0.25, 0.3) is 0 Å². The number of nitrogens with one attached hydrogen (secondary N) is 2. The summed E-state index contributed by atoms with van der Waals surface area (Å²) >= 11 is -1.04. The summed E-state index contributed by atoms with van der Waals surface area (Å²) in [7, 11) is -2.34. The summed E-state index contributed by atoms with van der Waals surface area (Å²) in [5, 5.41) is 4.74. The average molecular weight is 503 g/mol. The van der Waals surface area contributed by atoms with Crippen molar-refractivity contribution in [1.29, 1.82) is 0 Å². The Bertz CT molecular complexity index is 921. The number of rotatable bonds is 6. The van der Waals surface area contributed by atoms with Crippen LogP contribution in [0.3, 0.4) is 0 Å². The van der Waals surface area contributed by atoms with Gasteiger partial charge in [0.15, 0.2) is 0 Å². The van der Waals surface area contributed by atoms with Gasteiger partial charge < -0.3 is 0 Å². The predicted octanol–water partition coefficient (Wildman–Crippen LogP) is -1.66. The number of sulfonamides is 1. The van der Waals surface area contributed by atoms with Crippen molar-refractivity contribution in [3.05, 3.63) is 48.8 Å². The Morgan fingerprint density at radius 1 is 1.11 bits per heavy atom. The molecule has 2 aromatic rings. The van der Waals surface area contributed by atoms with E-state index in [-0.39, 0.29) is 15.4 Å². The fourth-order valence-electron chi connectivity index (χ4n) is 2.25. The third-order valence-corrected chi connectivity index (χ3v) is 7.70. The van der Waals surface area contributed by atoms with Gasteiger partial charge in [-0.15, -0.1) is 0 Å². The zero-order chi connectivity index (χ0) is 19.4. The molecule has 0 radical (unpaired) electrons. The molecule has 0 unspecified atom stereocenters. The van der Waals surface area contributed by atoms with Crippen LogP contribution in [0.2, 0.25) is 0 Å². The molecule has 2 N–H and O–H groups in total. The Balaban J connectivity index is 1.68. The molecule has 27 heavy (non-hydrogen) atoms. The van der Waals surface area contributed by atoms with Crippen LogP contribution in [0.4, 0.5) is 9.59 Å². The van der Waals surface area contributed by atoms with Crippen LogP contribution in [0.15, 0.2) is 53.7 Å². The molecule has 9 nitrogen and oxygen atoms in total. The number of amides is 3. The summed E-state index contributed by atoms with van der Waals surface area (Å²) in [6.07, 6.45) is 3.19. The van der Waals surface area contributed by atoms with Gasteiger partial charge in [-0.25, -0.2) is 0 Å². The van der Waals surface area contributed by atoms with Gasteiger partial charge in [-0.3, -0.25) is 4.98 Å². The van der Waals surface area contributed by atoms with E-state index >= 15 is 0 Å². The first-order valence-corrected chi connectivity index (χ1v) is 11.5. The van der Waals surface area contributed by atoms with Crippen molar-refractivity contribution >= 4 is 20.0 Å². The molecule has 1 aliphatic rings. The molecular weight excluding hydrogens is 487 g/mol. The summed E-state index contributed by atoms with van der Waals surface area (Å²) < 4.78 is 31.4. The molecule has 144 valence electrons. The number of hydrogen-bond donors (Lipinski definition) is 2. The van der Waals surface area contributed by atoms with Crippen molar-refractivity contribution in [2.24, 2.45) is 0 Å². The van der Waals surface area contributed by atoms with E-state index in [9.17, 15) is 18.0 Å². The number of carbonyl (C=O) groups excluding carboxylic acids is 2. The van der Waals surface area contributed by atoms with Gasteiger partial charge in [0.1, 0.15) is 0 Å². The SMILES string of the molecule is CN(C[C@@H]1NC(=O)NC(=O)[I-]1)S(=O)(=O)c1ccc(Oc2ccncc2)cc1. The molecule has 2 heterocycles. The summed E-state index contributed by atoms with van der Waals surface area (Å²) in [6.45, 7) is 0.0318. The van der Waals surface area contributed by atoms with Crippen molar-refractivity contribution in [2.45, 2.75) is 8.94 Å². The van der Waals surface area contributed by atoms with E-state index in [1.165, 1.54) is 19.2 Å². The van der Waals surface area contributed by atoms with Crippen molar-refractivity contribution in [3.63, 3.8) is 0 Å². The molecule has 1 saturated heterocycles. The zero-order valence-electron chi connectivity index (χ0n) is 14.1. The average Bonchev–Trinajstić information content (AvgIpc) is 2.62. The van der Waals surface area contributed by atoms with Gasteiger partial charge in [-0.2, -0.15) is 0 Å². The molecule has 3 amide bonds. The van der Waals surface area contributed by atoms with E-state index in [1.807, 2.05) is 0 Å². The third-order valence-electron chi connectivity index (χ3n) is 3.57. The van der Waals surface area contributed by atoms with Crippen LogP contribution in [0.5, 0.6) is 11.5 Å². The van der Waals surface area contributed by atoms with Crippen molar-refractivity contribution in [1.82, 2.24) is 19.9 Å². The first-order chi connectivity index (χ1) is 12.8. The van der Waals surface area contributed by atoms with Gasteiger partial charge in [0.2, 0.25) is 0 Å². The number of ether oxygens (including phenoxy) is 1. The summed E-state index contributed by atoms with van der Waals surface area (Å²) in [5.41, 5.74) is 0. The van der Waals surface area contributed by atoms with Crippen LogP contribution in [0.1, 0.15) is 0 Å². The number of nitrogens with zero attached hydrogens (tertiary/aromatic N) is 2. The first-order valence-electron chi connectivity index (χ1n) is 7.74. The standard InChI is InChI=1S/C16H16IN4O5S/c1-21(10-14-17-15(22)20-16(23)19-14)27(24,25)13-4-2-11(3-5-13)26-12-6-8-18-9-7-12/h2-9,14H,10H2,1H3,(H2,19,20,22,23)/q-1/t14-/m0/s1. The van der Waals surface area contributed by atoms with Crippen molar-refractivity contribution in [2.75, 3.05) is 13.6 Å². The summed E-state index contributed by atoms with van der Waals surface area (Å²) in [6, 6.07) is 8.80. The molecule has 0 saturated carbocycles. The molecule has 0 bridgehead atoms. The van der Waals surface area contributed by atoms with Gasteiger partial charge in [0, 0.05) is 0 Å². The molecule has 1 aliphatic heterocycles. The van der Waals surface area contributed by atoms with E-state index < -0.39 is 41.3 Å². The molecule has 0 spiro atoms. The molecule has 1 aromatic carbocycles. The number of alkyl halides is 1. The maximum absolute atomic E-state index is 12.7. The van der Waals surface area contributed by atoms with Crippen LogP contribution in [0.25, 0.3) is 0 Å². The van der Waals surface area contributed by atoms with Gasteiger partial charge in [0.05, 0.1) is 0 Å². The second-order valence-electron chi connectivity index (χ2n) is 5.49. The predicted molar refractivity (Wildman–Crippen MR) is 91.4 cm³/mol. The molecule has 1 atom stereocenters. The minimum absolute atomic E-state index is 0.0318. The number of pyridine rings is 1. The topological polar surface area (TPSA) is 118 Å². The second kappa shape index (κ2) is 8.19. The van der Waals surface area contributed by atoms with Gasteiger partial charge in [-0.1, -0.05) is 0 Å². The summed E-state index contributed by atoms with van der Waals surface area (Å²) in [4.78, 5) is 26.8. The van der Waals surface area contributed by atoms with E-state index in [1.54, 1.807) is 36.7 Å². The monoisotopic (exact) mass is 503 g/mol. The van der Waals surface area contributed by atoms with E-state index in [0.717, 1.165) is 4.31 Å². The van der Waals surface area contributed by atoms with Crippen LogP contribution < -0.4 is 36.6 Å². The second-order valence-corrected chi connectivity index (χ2v) is 10.6. The molecular formula is C16H16IN4O5S-. The Kier molecular flexibility index (Phi) is 5.92. The maximum atomic E-state index is 12.7. The van der Waals surface area contributed by atoms with Crippen molar-refractivity contribution in [3.8, 4) is 11.5 Å². The van der Waals surface area contributed by atoms with Crippen molar-refractivity contribution < 1.29 is 43.9 Å². The minimum atomic E-state index is -3.76. The quantitative estimate of drug-likeness (QED) is 0.211.